The average molecular weight is 413 g/mol. The number of nitrogens with zero attached hydrogens (tertiary/aromatic N) is 1. The van der Waals surface area contributed by atoms with E-state index in [0.717, 1.165) is 16.1 Å². The van der Waals surface area contributed by atoms with Crippen LogP contribution in [0.5, 0.6) is 0 Å². The van der Waals surface area contributed by atoms with Gasteiger partial charge in [-0.05, 0) is 55.7 Å². The molecule has 0 aliphatic rings. The van der Waals surface area contributed by atoms with Crippen molar-refractivity contribution in [2.75, 3.05) is 17.1 Å². The number of hydrogen-bond donors (Lipinski definition) is 1. The first kappa shape index (κ1) is 21.2. The van der Waals surface area contributed by atoms with Crippen LogP contribution in [0.4, 0.5) is 10.1 Å². The van der Waals surface area contributed by atoms with Crippen molar-refractivity contribution < 1.29 is 17.6 Å². The number of amides is 1. The number of hydrogen-bond acceptors (Lipinski definition) is 3. The van der Waals surface area contributed by atoms with Crippen molar-refractivity contribution in [2.45, 2.75) is 25.8 Å². The zero-order valence-electron chi connectivity index (χ0n) is 15.2. The van der Waals surface area contributed by atoms with E-state index in [9.17, 15) is 17.6 Å². The summed E-state index contributed by atoms with van der Waals surface area (Å²) >= 11 is 5.95. The van der Waals surface area contributed by atoms with Gasteiger partial charge in [0.05, 0.1) is 11.9 Å². The van der Waals surface area contributed by atoms with Crippen LogP contribution < -0.4 is 9.62 Å². The van der Waals surface area contributed by atoms with Gasteiger partial charge < -0.3 is 5.32 Å². The standard InChI is InChI=1S/C19H22ClFN2O3S/c1-14(23(27(2,25)26)18-7-3-6-16(20)13-18)19(24)22-12-4-5-15-8-10-17(21)11-9-15/h3,6-11,13-14H,4-5,12H2,1-2H3,(H,22,24)/t14-/m1/s1. The fourth-order valence-corrected chi connectivity index (χ4v) is 4.08. The summed E-state index contributed by atoms with van der Waals surface area (Å²) in [5.41, 5.74) is 1.30. The molecule has 2 aromatic rings. The zero-order valence-corrected chi connectivity index (χ0v) is 16.7. The summed E-state index contributed by atoms with van der Waals surface area (Å²) in [6, 6.07) is 11.6. The maximum Gasteiger partial charge on any atom is 0.243 e. The van der Waals surface area contributed by atoms with Gasteiger partial charge in [0.2, 0.25) is 15.9 Å². The number of benzene rings is 2. The third kappa shape index (κ3) is 6.22. The highest BCUT2D eigenvalue weighted by molar-refractivity contribution is 7.92. The van der Waals surface area contributed by atoms with Crippen molar-refractivity contribution in [1.82, 2.24) is 5.32 Å². The second-order valence-corrected chi connectivity index (χ2v) is 8.53. The third-order valence-corrected chi connectivity index (χ3v) is 5.48. The van der Waals surface area contributed by atoms with Crippen LogP contribution in [0.25, 0.3) is 0 Å². The molecule has 27 heavy (non-hydrogen) atoms. The van der Waals surface area contributed by atoms with Crippen LogP contribution in [-0.4, -0.2) is 33.2 Å². The van der Waals surface area contributed by atoms with Crippen molar-refractivity contribution in [2.24, 2.45) is 0 Å². The molecule has 0 aliphatic heterocycles. The number of rotatable bonds is 8. The molecule has 8 heteroatoms. The largest absolute Gasteiger partial charge is 0.354 e. The summed E-state index contributed by atoms with van der Waals surface area (Å²) in [5, 5.41) is 3.13. The molecule has 0 spiro atoms. The lowest BCUT2D eigenvalue weighted by Gasteiger charge is -2.28. The van der Waals surface area contributed by atoms with Gasteiger partial charge in [0.15, 0.2) is 0 Å². The number of anilines is 1. The Morgan fingerprint density at radius 1 is 1.22 bits per heavy atom. The Morgan fingerprint density at radius 2 is 1.89 bits per heavy atom. The first-order valence-corrected chi connectivity index (χ1v) is 10.7. The molecule has 0 saturated heterocycles. The van der Waals surface area contributed by atoms with Gasteiger partial charge >= 0.3 is 0 Å². The molecule has 1 N–H and O–H groups in total. The van der Waals surface area contributed by atoms with E-state index < -0.39 is 22.0 Å². The Hall–Kier alpha value is -2.12. The van der Waals surface area contributed by atoms with E-state index in [-0.39, 0.29) is 5.82 Å². The lowest BCUT2D eigenvalue weighted by molar-refractivity contribution is -0.121. The van der Waals surface area contributed by atoms with Gasteiger partial charge in [-0.3, -0.25) is 9.10 Å². The van der Waals surface area contributed by atoms with E-state index in [1.165, 1.54) is 25.1 Å². The molecule has 2 aromatic carbocycles. The van der Waals surface area contributed by atoms with Crippen molar-refractivity contribution in [3.05, 3.63) is 64.9 Å². The zero-order chi connectivity index (χ0) is 20.0. The maximum atomic E-state index is 12.9. The topological polar surface area (TPSA) is 66.5 Å². The predicted molar refractivity (Wildman–Crippen MR) is 106 cm³/mol. The summed E-state index contributed by atoms with van der Waals surface area (Å²) in [7, 11) is -3.68. The quantitative estimate of drug-likeness (QED) is 0.676. The Balaban J connectivity index is 1.97. The summed E-state index contributed by atoms with van der Waals surface area (Å²) < 4.78 is 38.3. The molecule has 1 amide bonds. The minimum atomic E-state index is -3.68. The molecular weight excluding hydrogens is 391 g/mol. The molecule has 5 nitrogen and oxygen atoms in total. The van der Waals surface area contributed by atoms with Gasteiger partial charge in [0, 0.05) is 11.6 Å². The van der Waals surface area contributed by atoms with E-state index >= 15 is 0 Å². The highest BCUT2D eigenvalue weighted by Gasteiger charge is 2.28. The fraction of sp³-hybridized carbons (Fsp3) is 0.316. The number of sulfonamides is 1. The summed E-state index contributed by atoms with van der Waals surface area (Å²) in [4.78, 5) is 12.4. The smallest absolute Gasteiger partial charge is 0.243 e. The lowest BCUT2D eigenvalue weighted by atomic mass is 10.1. The van der Waals surface area contributed by atoms with E-state index in [4.69, 9.17) is 11.6 Å². The average Bonchev–Trinajstić information content (AvgIpc) is 2.59. The highest BCUT2D eigenvalue weighted by atomic mass is 35.5. The third-order valence-electron chi connectivity index (χ3n) is 4.01. The Morgan fingerprint density at radius 3 is 2.48 bits per heavy atom. The molecule has 0 heterocycles. The molecule has 0 aromatic heterocycles. The van der Waals surface area contributed by atoms with Crippen molar-refractivity contribution in [1.29, 1.82) is 0 Å². The maximum absolute atomic E-state index is 12.9. The lowest BCUT2D eigenvalue weighted by Crippen LogP contribution is -2.48. The molecule has 0 bridgehead atoms. The van der Waals surface area contributed by atoms with Gasteiger partial charge in [-0.2, -0.15) is 0 Å². The van der Waals surface area contributed by atoms with Crippen LogP contribution >= 0.6 is 11.6 Å². The van der Waals surface area contributed by atoms with Gasteiger partial charge in [-0.15, -0.1) is 0 Å². The molecule has 0 saturated carbocycles. The van der Waals surface area contributed by atoms with E-state index in [2.05, 4.69) is 5.32 Å². The monoisotopic (exact) mass is 412 g/mol. The molecule has 146 valence electrons. The molecule has 0 radical (unpaired) electrons. The summed E-state index contributed by atoms with van der Waals surface area (Å²) in [6.07, 6.45) is 2.38. The van der Waals surface area contributed by atoms with Crippen molar-refractivity contribution >= 4 is 33.2 Å². The second kappa shape index (κ2) is 9.19. The van der Waals surface area contributed by atoms with Gasteiger partial charge in [-0.25, -0.2) is 12.8 Å². The van der Waals surface area contributed by atoms with Crippen molar-refractivity contribution in [3.8, 4) is 0 Å². The van der Waals surface area contributed by atoms with Crippen LogP contribution in [0, 0.1) is 5.82 Å². The summed E-state index contributed by atoms with van der Waals surface area (Å²) in [6.45, 7) is 1.91. The number of halogens is 2. The van der Waals surface area contributed by atoms with Gasteiger partial charge in [0.25, 0.3) is 0 Å². The fourth-order valence-electron chi connectivity index (χ4n) is 2.72. The SMILES string of the molecule is C[C@H](C(=O)NCCCc1ccc(F)cc1)N(c1cccc(Cl)c1)S(C)(=O)=O. The predicted octanol–water partition coefficient (Wildman–Crippen LogP) is 3.38. The van der Waals surface area contributed by atoms with E-state index in [1.807, 2.05) is 0 Å². The van der Waals surface area contributed by atoms with Crippen LogP contribution in [-0.2, 0) is 21.2 Å². The molecule has 1 atom stereocenters. The van der Waals surface area contributed by atoms with E-state index in [0.29, 0.717) is 30.1 Å². The van der Waals surface area contributed by atoms with Crippen LogP contribution in [0.15, 0.2) is 48.5 Å². The molecule has 0 unspecified atom stereocenters. The number of carbonyl (C=O) groups is 1. The van der Waals surface area contributed by atoms with Gasteiger partial charge in [0.1, 0.15) is 11.9 Å². The first-order chi connectivity index (χ1) is 12.7. The molecule has 2 rings (SSSR count). The minimum Gasteiger partial charge on any atom is -0.354 e. The van der Waals surface area contributed by atoms with Crippen LogP contribution in [0.2, 0.25) is 5.02 Å². The number of aryl methyl sites for hydroxylation is 1. The Labute approximate surface area is 164 Å². The minimum absolute atomic E-state index is 0.289. The first-order valence-electron chi connectivity index (χ1n) is 8.45. The molecule has 0 fully saturated rings. The van der Waals surface area contributed by atoms with Crippen LogP contribution in [0.1, 0.15) is 18.9 Å². The number of carbonyl (C=O) groups excluding carboxylic acids is 1. The van der Waals surface area contributed by atoms with Crippen molar-refractivity contribution in [3.63, 3.8) is 0 Å². The summed E-state index contributed by atoms with van der Waals surface area (Å²) in [5.74, 6) is -0.692. The van der Waals surface area contributed by atoms with Crippen LogP contribution in [0.3, 0.4) is 0 Å². The van der Waals surface area contributed by atoms with E-state index in [1.54, 1.807) is 30.3 Å². The number of nitrogens with one attached hydrogen (secondary N) is 1. The Kier molecular flexibility index (Phi) is 7.21. The van der Waals surface area contributed by atoms with Gasteiger partial charge in [-0.1, -0.05) is 29.8 Å². The normalized spacial score (nSPS) is 12.4. The second-order valence-electron chi connectivity index (χ2n) is 6.24. The Bertz CT molecular complexity index is 888. The highest BCUT2D eigenvalue weighted by Crippen LogP contribution is 2.24. The molecule has 0 aliphatic carbocycles. The molecular formula is C19H22ClFN2O3S.